The molecular formula is C16H14O4. The highest BCUT2D eigenvalue weighted by atomic mass is 16.6. The number of hydrogen-bond donors (Lipinski definition) is 0. The molecule has 2 aromatic carbocycles. The maximum Gasteiger partial charge on any atom is 0.315 e. The van der Waals surface area contributed by atoms with E-state index in [4.69, 9.17) is 14.2 Å². The van der Waals surface area contributed by atoms with Crippen molar-refractivity contribution in [2.45, 2.75) is 12.5 Å². The molecule has 0 saturated carbocycles. The molecule has 0 aliphatic carbocycles. The molecule has 1 atom stereocenters. The lowest BCUT2D eigenvalue weighted by Crippen LogP contribution is -2.32. The van der Waals surface area contributed by atoms with E-state index in [0.29, 0.717) is 23.9 Å². The number of para-hydroxylation sites is 3. The van der Waals surface area contributed by atoms with Crippen LogP contribution < -0.4 is 14.2 Å². The molecule has 102 valence electrons. The van der Waals surface area contributed by atoms with Gasteiger partial charge in [0.05, 0.1) is 6.42 Å². The molecule has 1 aliphatic rings. The number of carbonyl (C=O) groups excluding carboxylic acids is 1. The van der Waals surface area contributed by atoms with E-state index >= 15 is 0 Å². The monoisotopic (exact) mass is 270 g/mol. The first-order valence-electron chi connectivity index (χ1n) is 6.45. The van der Waals surface area contributed by atoms with Gasteiger partial charge in [0.1, 0.15) is 18.5 Å². The first kappa shape index (κ1) is 12.5. The molecule has 1 heterocycles. The molecule has 4 nitrogen and oxygen atoms in total. The molecule has 0 N–H and O–H groups in total. The van der Waals surface area contributed by atoms with Crippen LogP contribution in [-0.2, 0) is 4.79 Å². The van der Waals surface area contributed by atoms with Gasteiger partial charge in [0.25, 0.3) is 0 Å². The van der Waals surface area contributed by atoms with Crippen LogP contribution >= 0.6 is 0 Å². The Morgan fingerprint density at radius 1 is 1.05 bits per heavy atom. The van der Waals surface area contributed by atoms with Crippen LogP contribution in [0.5, 0.6) is 17.2 Å². The normalized spacial score (nSPS) is 16.5. The molecule has 4 heteroatoms. The number of carbonyl (C=O) groups is 1. The minimum Gasteiger partial charge on any atom is -0.486 e. The van der Waals surface area contributed by atoms with Gasteiger partial charge in [-0.05, 0) is 24.3 Å². The minimum absolute atomic E-state index is 0.156. The molecule has 0 saturated heterocycles. The van der Waals surface area contributed by atoms with Gasteiger partial charge in [-0.15, -0.1) is 0 Å². The molecule has 2 aromatic rings. The van der Waals surface area contributed by atoms with Crippen molar-refractivity contribution < 1.29 is 19.0 Å². The van der Waals surface area contributed by atoms with Crippen molar-refractivity contribution in [2.24, 2.45) is 0 Å². The SMILES string of the molecule is O=C(C[C@@H]1COc2ccccc2O1)Oc1ccccc1. The number of hydrogen-bond acceptors (Lipinski definition) is 4. The zero-order valence-electron chi connectivity index (χ0n) is 10.8. The van der Waals surface area contributed by atoms with E-state index in [-0.39, 0.29) is 18.5 Å². The summed E-state index contributed by atoms with van der Waals surface area (Å²) in [7, 11) is 0. The third-order valence-electron chi connectivity index (χ3n) is 2.94. The first-order chi connectivity index (χ1) is 9.81. The van der Waals surface area contributed by atoms with E-state index in [0.717, 1.165) is 0 Å². The number of benzene rings is 2. The number of rotatable bonds is 3. The lowest BCUT2D eigenvalue weighted by atomic mass is 10.2. The van der Waals surface area contributed by atoms with Crippen LogP contribution in [0.1, 0.15) is 6.42 Å². The van der Waals surface area contributed by atoms with Crippen molar-refractivity contribution in [3.63, 3.8) is 0 Å². The van der Waals surface area contributed by atoms with Crippen LogP contribution in [-0.4, -0.2) is 18.7 Å². The Morgan fingerprint density at radius 3 is 2.55 bits per heavy atom. The van der Waals surface area contributed by atoms with E-state index in [1.54, 1.807) is 12.1 Å². The van der Waals surface area contributed by atoms with Crippen LogP contribution in [0.3, 0.4) is 0 Å². The molecule has 0 unspecified atom stereocenters. The average Bonchev–Trinajstić information content (AvgIpc) is 2.48. The smallest absolute Gasteiger partial charge is 0.315 e. The van der Waals surface area contributed by atoms with Crippen LogP contribution in [0.15, 0.2) is 54.6 Å². The van der Waals surface area contributed by atoms with Gasteiger partial charge in [-0.3, -0.25) is 4.79 Å². The fraction of sp³-hybridized carbons (Fsp3) is 0.188. The highest BCUT2D eigenvalue weighted by Gasteiger charge is 2.24. The predicted molar refractivity (Wildman–Crippen MR) is 73.0 cm³/mol. The summed E-state index contributed by atoms with van der Waals surface area (Å²) in [5, 5.41) is 0. The van der Waals surface area contributed by atoms with Gasteiger partial charge in [-0.2, -0.15) is 0 Å². The van der Waals surface area contributed by atoms with Crippen LogP contribution in [0.2, 0.25) is 0 Å². The zero-order valence-corrected chi connectivity index (χ0v) is 10.8. The fourth-order valence-electron chi connectivity index (χ4n) is 2.01. The van der Waals surface area contributed by atoms with E-state index in [1.807, 2.05) is 42.5 Å². The topological polar surface area (TPSA) is 44.8 Å². The first-order valence-corrected chi connectivity index (χ1v) is 6.45. The second kappa shape index (κ2) is 5.65. The highest BCUT2D eigenvalue weighted by molar-refractivity contribution is 5.73. The largest absolute Gasteiger partial charge is 0.486 e. The second-order valence-electron chi connectivity index (χ2n) is 4.49. The van der Waals surface area contributed by atoms with Crippen molar-refractivity contribution in [3.05, 3.63) is 54.6 Å². The van der Waals surface area contributed by atoms with Gasteiger partial charge >= 0.3 is 5.97 Å². The Kier molecular flexibility index (Phi) is 3.54. The summed E-state index contributed by atoms with van der Waals surface area (Å²) in [4.78, 5) is 11.8. The van der Waals surface area contributed by atoms with Gasteiger partial charge in [-0.1, -0.05) is 30.3 Å². The summed E-state index contributed by atoms with van der Waals surface area (Å²) < 4.78 is 16.5. The van der Waals surface area contributed by atoms with E-state index in [9.17, 15) is 4.79 Å². The quantitative estimate of drug-likeness (QED) is 0.635. The summed E-state index contributed by atoms with van der Waals surface area (Å²) in [6.07, 6.45) is -0.162. The van der Waals surface area contributed by atoms with Gasteiger partial charge in [0, 0.05) is 0 Å². The maximum absolute atomic E-state index is 11.8. The maximum atomic E-state index is 11.8. The fourth-order valence-corrected chi connectivity index (χ4v) is 2.01. The molecule has 0 aromatic heterocycles. The molecule has 3 rings (SSSR count). The molecule has 0 amide bonds. The summed E-state index contributed by atoms with van der Waals surface area (Å²) in [5.41, 5.74) is 0. The standard InChI is InChI=1S/C16H14O4/c17-16(20-12-6-2-1-3-7-12)10-13-11-18-14-8-4-5-9-15(14)19-13/h1-9,13H,10-11H2/t13-/m1/s1. The van der Waals surface area contributed by atoms with Crippen LogP contribution in [0.25, 0.3) is 0 Å². The van der Waals surface area contributed by atoms with E-state index in [1.165, 1.54) is 0 Å². The molecule has 1 aliphatic heterocycles. The van der Waals surface area contributed by atoms with Crippen molar-refractivity contribution in [3.8, 4) is 17.2 Å². The molecule has 0 fully saturated rings. The van der Waals surface area contributed by atoms with Gasteiger partial charge in [0.15, 0.2) is 11.5 Å². The highest BCUT2D eigenvalue weighted by Crippen LogP contribution is 2.31. The third-order valence-corrected chi connectivity index (χ3v) is 2.94. The third kappa shape index (κ3) is 2.91. The van der Waals surface area contributed by atoms with Crippen LogP contribution in [0.4, 0.5) is 0 Å². The van der Waals surface area contributed by atoms with Crippen molar-refractivity contribution in [1.82, 2.24) is 0 Å². The lowest BCUT2D eigenvalue weighted by molar-refractivity contribution is -0.136. The number of fused-ring (bicyclic) bond motifs is 1. The summed E-state index contributed by atoms with van der Waals surface area (Å²) >= 11 is 0. The van der Waals surface area contributed by atoms with Gasteiger partial charge < -0.3 is 14.2 Å². The van der Waals surface area contributed by atoms with E-state index < -0.39 is 0 Å². The number of esters is 1. The Morgan fingerprint density at radius 2 is 1.75 bits per heavy atom. The van der Waals surface area contributed by atoms with Crippen molar-refractivity contribution in [1.29, 1.82) is 0 Å². The van der Waals surface area contributed by atoms with Gasteiger partial charge in [-0.25, -0.2) is 0 Å². The summed E-state index contributed by atoms with van der Waals surface area (Å²) in [6.45, 7) is 0.348. The Hall–Kier alpha value is -2.49. The second-order valence-corrected chi connectivity index (χ2v) is 4.49. The molecule has 20 heavy (non-hydrogen) atoms. The summed E-state index contributed by atoms with van der Waals surface area (Å²) in [6, 6.07) is 16.4. The Bertz CT molecular complexity index is 594. The van der Waals surface area contributed by atoms with Gasteiger partial charge in [0.2, 0.25) is 0 Å². The Labute approximate surface area is 116 Å². The lowest BCUT2D eigenvalue weighted by Gasteiger charge is -2.25. The van der Waals surface area contributed by atoms with E-state index in [2.05, 4.69) is 0 Å². The average molecular weight is 270 g/mol. The predicted octanol–water partition coefficient (Wildman–Crippen LogP) is 2.82. The molecule has 0 bridgehead atoms. The van der Waals surface area contributed by atoms with Crippen molar-refractivity contribution in [2.75, 3.05) is 6.61 Å². The Balaban J connectivity index is 1.58. The zero-order chi connectivity index (χ0) is 13.8. The minimum atomic E-state index is -0.329. The molecule has 0 radical (unpaired) electrons. The number of ether oxygens (including phenoxy) is 3. The van der Waals surface area contributed by atoms with Crippen molar-refractivity contribution >= 4 is 5.97 Å². The summed E-state index contributed by atoms with van der Waals surface area (Å²) in [5.74, 6) is 1.58. The molecular weight excluding hydrogens is 256 g/mol. The molecule has 0 spiro atoms. The van der Waals surface area contributed by atoms with Crippen LogP contribution in [0, 0.1) is 0 Å².